The van der Waals surface area contributed by atoms with Crippen LogP contribution >= 0.6 is 0 Å². The van der Waals surface area contributed by atoms with E-state index < -0.39 is 15.9 Å². The van der Waals surface area contributed by atoms with E-state index in [-0.39, 0.29) is 17.3 Å². The quantitative estimate of drug-likeness (QED) is 0.678. The number of aromatic nitrogens is 1. The third kappa shape index (κ3) is 3.88. The Morgan fingerprint density at radius 3 is 2.77 bits per heavy atom. The van der Waals surface area contributed by atoms with Gasteiger partial charge < -0.3 is 10.1 Å². The van der Waals surface area contributed by atoms with Gasteiger partial charge >= 0.3 is 0 Å². The van der Waals surface area contributed by atoms with Crippen LogP contribution in [0.1, 0.15) is 12.8 Å². The van der Waals surface area contributed by atoms with Crippen molar-refractivity contribution in [2.24, 2.45) is 5.92 Å². The summed E-state index contributed by atoms with van der Waals surface area (Å²) in [7, 11) is -2.23. The zero-order valence-corrected chi connectivity index (χ0v) is 17.4. The van der Waals surface area contributed by atoms with Crippen molar-refractivity contribution in [2.45, 2.75) is 17.7 Å². The maximum atomic E-state index is 13.4. The molecule has 0 spiro atoms. The molecule has 3 aromatic rings. The van der Waals surface area contributed by atoms with Crippen LogP contribution in [0.4, 0.5) is 5.69 Å². The van der Waals surface area contributed by atoms with Crippen molar-refractivity contribution >= 4 is 32.5 Å². The lowest BCUT2D eigenvalue weighted by molar-refractivity contribution is -0.120. The maximum Gasteiger partial charge on any atom is 0.245 e. The first-order valence-corrected chi connectivity index (χ1v) is 11.2. The molecular formula is C22H23N3O4S. The minimum absolute atomic E-state index is 0.131. The summed E-state index contributed by atoms with van der Waals surface area (Å²) in [5, 5.41) is 3.64. The molecule has 1 amide bonds. The summed E-state index contributed by atoms with van der Waals surface area (Å²) >= 11 is 0. The number of rotatable bonds is 5. The number of methoxy groups -OCH3 is 1. The molecule has 1 aliphatic rings. The van der Waals surface area contributed by atoms with Crippen LogP contribution in [0.25, 0.3) is 10.9 Å². The minimum atomic E-state index is -3.77. The minimum Gasteiger partial charge on any atom is -0.495 e. The zero-order chi connectivity index (χ0) is 21.1. The van der Waals surface area contributed by atoms with Gasteiger partial charge in [0.1, 0.15) is 10.6 Å². The molecule has 7 nitrogen and oxygen atoms in total. The van der Waals surface area contributed by atoms with E-state index >= 15 is 0 Å². The topological polar surface area (TPSA) is 88.6 Å². The number of carbonyl (C=O) groups is 1. The number of carbonyl (C=O) groups excluding carboxylic acids is 1. The number of amides is 1. The van der Waals surface area contributed by atoms with Crippen molar-refractivity contribution in [1.29, 1.82) is 0 Å². The van der Waals surface area contributed by atoms with E-state index in [0.29, 0.717) is 36.3 Å². The number of fused-ring (bicyclic) bond motifs is 1. The Balaban J connectivity index is 1.56. The van der Waals surface area contributed by atoms with Gasteiger partial charge in [-0.2, -0.15) is 4.31 Å². The summed E-state index contributed by atoms with van der Waals surface area (Å²) in [4.78, 5) is 17.3. The fourth-order valence-corrected chi connectivity index (χ4v) is 5.47. The predicted molar refractivity (Wildman–Crippen MR) is 115 cm³/mol. The zero-order valence-electron chi connectivity index (χ0n) is 16.6. The molecule has 2 aromatic carbocycles. The van der Waals surface area contributed by atoms with E-state index in [0.717, 1.165) is 5.39 Å². The van der Waals surface area contributed by atoms with Gasteiger partial charge in [-0.1, -0.05) is 30.3 Å². The summed E-state index contributed by atoms with van der Waals surface area (Å²) in [5.74, 6) is -0.0928. The van der Waals surface area contributed by atoms with Gasteiger partial charge in [0.25, 0.3) is 0 Å². The van der Waals surface area contributed by atoms with E-state index in [9.17, 15) is 13.2 Å². The number of ether oxygens (including phenoxy) is 1. The largest absolute Gasteiger partial charge is 0.495 e. The van der Waals surface area contributed by atoms with E-state index in [1.165, 1.54) is 11.4 Å². The van der Waals surface area contributed by atoms with E-state index in [4.69, 9.17) is 4.74 Å². The molecule has 0 radical (unpaired) electrons. The molecule has 2 heterocycles. The number of anilines is 1. The second-order valence-corrected chi connectivity index (χ2v) is 9.13. The van der Waals surface area contributed by atoms with Crippen molar-refractivity contribution in [3.05, 3.63) is 60.8 Å². The summed E-state index contributed by atoms with van der Waals surface area (Å²) in [5.41, 5.74) is 1.02. The van der Waals surface area contributed by atoms with Gasteiger partial charge in [-0.05, 0) is 37.1 Å². The van der Waals surface area contributed by atoms with E-state index in [2.05, 4.69) is 10.3 Å². The van der Waals surface area contributed by atoms with Crippen molar-refractivity contribution in [2.75, 3.05) is 25.5 Å². The fraction of sp³-hybridized carbons (Fsp3) is 0.273. The number of para-hydroxylation sites is 3. The number of hydrogen-bond acceptors (Lipinski definition) is 5. The summed E-state index contributed by atoms with van der Waals surface area (Å²) in [6, 6.07) is 15.9. The standard InChI is InChI=1S/C22H23N3O4S/c1-29-19-11-3-2-10-18(19)24-22(26)17-9-6-14-25(15-17)30(27,28)20-12-4-7-16-8-5-13-23-21(16)20/h2-5,7-8,10-13,17H,6,9,14-15H2,1H3,(H,24,26). The fourth-order valence-electron chi connectivity index (χ4n) is 3.78. The molecule has 4 rings (SSSR count). The van der Waals surface area contributed by atoms with Crippen LogP contribution in [-0.4, -0.2) is 43.8 Å². The number of benzene rings is 2. The summed E-state index contributed by atoms with van der Waals surface area (Å²) in [6.45, 7) is 0.510. The third-order valence-corrected chi connectivity index (χ3v) is 7.23. The molecule has 1 aliphatic heterocycles. The van der Waals surface area contributed by atoms with Crippen LogP contribution in [0.2, 0.25) is 0 Å². The van der Waals surface area contributed by atoms with Crippen LogP contribution in [0, 0.1) is 5.92 Å². The van der Waals surface area contributed by atoms with Crippen LogP contribution < -0.4 is 10.1 Å². The average Bonchev–Trinajstić information content (AvgIpc) is 2.79. The molecule has 8 heteroatoms. The smallest absolute Gasteiger partial charge is 0.245 e. The highest BCUT2D eigenvalue weighted by Crippen LogP contribution is 2.29. The maximum absolute atomic E-state index is 13.4. The monoisotopic (exact) mass is 425 g/mol. The normalized spacial score (nSPS) is 17.6. The molecule has 156 valence electrons. The van der Waals surface area contributed by atoms with Crippen LogP contribution in [0.5, 0.6) is 5.75 Å². The van der Waals surface area contributed by atoms with Crippen molar-refractivity contribution in [3.63, 3.8) is 0 Å². The number of nitrogens with one attached hydrogen (secondary N) is 1. The lowest BCUT2D eigenvalue weighted by Gasteiger charge is -2.31. The number of hydrogen-bond donors (Lipinski definition) is 1. The van der Waals surface area contributed by atoms with Gasteiger partial charge in [0.15, 0.2) is 0 Å². The first-order chi connectivity index (χ1) is 14.5. The van der Waals surface area contributed by atoms with Crippen LogP contribution in [-0.2, 0) is 14.8 Å². The lowest BCUT2D eigenvalue weighted by Crippen LogP contribution is -2.43. The second kappa shape index (κ2) is 8.41. The molecule has 30 heavy (non-hydrogen) atoms. The summed E-state index contributed by atoms with van der Waals surface area (Å²) < 4.78 is 33.4. The molecule has 0 aliphatic carbocycles. The first-order valence-electron chi connectivity index (χ1n) is 9.78. The van der Waals surface area contributed by atoms with Crippen molar-refractivity contribution < 1.29 is 17.9 Å². The van der Waals surface area contributed by atoms with E-state index in [1.807, 2.05) is 24.3 Å². The van der Waals surface area contributed by atoms with Gasteiger partial charge in [0.2, 0.25) is 15.9 Å². The Morgan fingerprint density at radius 2 is 1.93 bits per heavy atom. The molecule has 1 saturated heterocycles. The number of piperidine rings is 1. The molecule has 1 aromatic heterocycles. The summed E-state index contributed by atoms with van der Waals surface area (Å²) in [6.07, 6.45) is 2.82. The molecule has 1 N–H and O–H groups in total. The van der Waals surface area contributed by atoms with Crippen molar-refractivity contribution in [1.82, 2.24) is 9.29 Å². The Labute approximate surface area is 175 Å². The third-order valence-electron chi connectivity index (χ3n) is 5.33. The van der Waals surface area contributed by atoms with Gasteiger partial charge in [0.05, 0.1) is 24.2 Å². The Morgan fingerprint density at radius 1 is 1.13 bits per heavy atom. The Kier molecular flexibility index (Phi) is 5.69. The van der Waals surface area contributed by atoms with Gasteiger partial charge in [-0.25, -0.2) is 8.42 Å². The molecule has 0 bridgehead atoms. The van der Waals surface area contributed by atoms with Crippen LogP contribution in [0.3, 0.4) is 0 Å². The number of pyridine rings is 1. The first kappa shape index (κ1) is 20.3. The van der Waals surface area contributed by atoms with Gasteiger partial charge in [0, 0.05) is 24.7 Å². The van der Waals surface area contributed by atoms with E-state index in [1.54, 1.807) is 36.5 Å². The van der Waals surface area contributed by atoms with Gasteiger partial charge in [-0.3, -0.25) is 9.78 Å². The highest BCUT2D eigenvalue weighted by Gasteiger charge is 2.34. The highest BCUT2D eigenvalue weighted by molar-refractivity contribution is 7.89. The molecule has 1 atom stereocenters. The number of nitrogens with zero attached hydrogens (tertiary/aromatic N) is 2. The van der Waals surface area contributed by atoms with Crippen molar-refractivity contribution in [3.8, 4) is 5.75 Å². The molecule has 1 unspecified atom stereocenters. The predicted octanol–water partition coefficient (Wildman–Crippen LogP) is 3.28. The average molecular weight is 426 g/mol. The van der Waals surface area contributed by atoms with Crippen LogP contribution in [0.15, 0.2) is 65.7 Å². The molecule has 1 fully saturated rings. The highest BCUT2D eigenvalue weighted by atomic mass is 32.2. The SMILES string of the molecule is COc1ccccc1NC(=O)C1CCCN(S(=O)(=O)c2cccc3cccnc23)C1. The van der Waals surface area contributed by atoms with Gasteiger partial charge in [-0.15, -0.1) is 0 Å². The molecule has 0 saturated carbocycles. The Hall–Kier alpha value is -2.97. The second-order valence-electron chi connectivity index (χ2n) is 7.22. The Bertz CT molecular complexity index is 1170. The number of sulfonamides is 1. The lowest BCUT2D eigenvalue weighted by atomic mass is 9.98. The molecular weight excluding hydrogens is 402 g/mol.